The third kappa shape index (κ3) is 5.94. The number of benzene rings is 3. The monoisotopic (exact) mass is 500 g/mol. The van der Waals surface area contributed by atoms with Crippen molar-refractivity contribution in [3.63, 3.8) is 0 Å². The average molecular weight is 501 g/mol. The molecule has 0 saturated carbocycles. The fourth-order valence-corrected chi connectivity index (χ4v) is 6.14. The summed E-state index contributed by atoms with van der Waals surface area (Å²) in [6, 6.07) is 21.3. The predicted octanol–water partition coefficient (Wildman–Crippen LogP) is 5.48. The molecule has 0 aromatic heterocycles. The van der Waals surface area contributed by atoms with Crippen LogP contribution in [0.15, 0.2) is 60.7 Å². The number of aromatic hydroxyl groups is 1. The molecule has 1 aliphatic heterocycles. The van der Waals surface area contributed by atoms with Gasteiger partial charge in [-0.25, -0.2) is 0 Å². The number of methoxy groups -OCH3 is 1. The summed E-state index contributed by atoms with van der Waals surface area (Å²) in [7, 11) is 3.92. The van der Waals surface area contributed by atoms with Gasteiger partial charge in [-0.3, -0.25) is 0 Å². The third-order valence-electron chi connectivity index (χ3n) is 8.35. The molecular formula is C32H40N2O3. The summed E-state index contributed by atoms with van der Waals surface area (Å²) in [4.78, 5) is 4.72. The van der Waals surface area contributed by atoms with Gasteiger partial charge in [0, 0.05) is 24.8 Å². The second-order valence-corrected chi connectivity index (χ2v) is 10.8. The summed E-state index contributed by atoms with van der Waals surface area (Å²) in [5, 5.41) is 19.9. The van der Waals surface area contributed by atoms with Gasteiger partial charge in [-0.2, -0.15) is 0 Å². The maximum atomic E-state index is 10.00. The summed E-state index contributed by atoms with van der Waals surface area (Å²) < 4.78 is 5.62. The minimum absolute atomic E-state index is 0.0943. The topological polar surface area (TPSA) is 56.2 Å². The van der Waals surface area contributed by atoms with Crippen molar-refractivity contribution in [2.24, 2.45) is 0 Å². The number of nitrogens with zero attached hydrogens (tertiary/aromatic N) is 2. The number of hydrogen-bond acceptors (Lipinski definition) is 5. The minimum atomic E-state index is 0.0943. The number of fused-ring (bicyclic) bond motifs is 1. The number of phenols is 1. The highest BCUT2D eigenvalue weighted by Crippen LogP contribution is 2.40. The van der Waals surface area contributed by atoms with Gasteiger partial charge in [0.2, 0.25) is 0 Å². The van der Waals surface area contributed by atoms with E-state index in [1.807, 2.05) is 6.07 Å². The molecule has 196 valence electrons. The largest absolute Gasteiger partial charge is 0.508 e. The Morgan fingerprint density at radius 2 is 1.70 bits per heavy atom. The summed E-state index contributed by atoms with van der Waals surface area (Å²) >= 11 is 0. The van der Waals surface area contributed by atoms with Crippen LogP contribution in [0.5, 0.6) is 11.5 Å². The van der Waals surface area contributed by atoms with Gasteiger partial charge in [0.15, 0.2) is 0 Å². The van der Waals surface area contributed by atoms with Crippen molar-refractivity contribution in [3.8, 4) is 11.5 Å². The molecule has 37 heavy (non-hydrogen) atoms. The van der Waals surface area contributed by atoms with Crippen LogP contribution in [0, 0.1) is 0 Å². The molecule has 3 aromatic carbocycles. The van der Waals surface area contributed by atoms with E-state index in [1.165, 1.54) is 53.7 Å². The Morgan fingerprint density at radius 3 is 2.43 bits per heavy atom. The Hall–Kier alpha value is -3.02. The molecule has 1 atom stereocenters. The van der Waals surface area contributed by atoms with Crippen LogP contribution in [0.25, 0.3) is 0 Å². The second kappa shape index (κ2) is 11.6. The van der Waals surface area contributed by atoms with Crippen LogP contribution in [-0.2, 0) is 19.4 Å². The Balaban J connectivity index is 1.39. The lowest BCUT2D eigenvalue weighted by Crippen LogP contribution is -2.29. The predicted molar refractivity (Wildman–Crippen MR) is 150 cm³/mol. The molecule has 0 bridgehead atoms. The van der Waals surface area contributed by atoms with E-state index >= 15 is 0 Å². The second-order valence-electron chi connectivity index (χ2n) is 10.8. The zero-order valence-corrected chi connectivity index (χ0v) is 22.2. The Kier molecular flexibility index (Phi) is 8.02. The van der Waals surface area contributed by atoms with Gasteiger partial charge in [0.1, 0.15) is 11.5 Å². The first-order valence-corrected chi connectivity index (χ1v) is 13.7. The zero-order valence-electron chi connectivity index (χ0n) is 22.2. The molecule has 5 nitrogen and oxygen atoms in total. The highest BCUT2D eigenvalue weighted by atomic mass is 16.5. The minimum Gasteiger partial charge on any atom is -0.508 e. The molecule has 3 aromatic rings. The number of phenolic OH excluding ortho intramolecular Hbond substituents is 1. The van der Waals surface area contributed by atoms with Gasteiger partial charge in [-0.05, 0) is 110 Å². The van der Waals surface area contributed by atoms with Gasteiger partial charge in [-0.15, -0.1) is 0 Å². The standard InChI is InChI=1S/C32H40N2O3/c1-33-15-13-25(14-16-33)24-5-3-23(4-6-24)22-34(17-18-35)32-21-30(37-2)11-12-31(32)28-8-7-27-20-29(36)10-9-26(27)19-28/h3-6,9-12,20-21,25,28,35-36H,7-8,13-19,22H2,1-2H3/t28-/m0/s1. The maximum absolute atomic E-state index is 10.00. The number of piperidine rings is 1. The van der Waals surface area contributed by atoms with E-state index in [-0.39, 0.29) is 6.61 Å². The summed E-state index contributed by atoms with van der Waals surface area (Å²) in [5.41, 5.74) is 7.70. The molecule has 1 fully saturated rings. The number of ether oxygens (including phenoxy) is 1. The highest BCUT2D eigenvalue weighted by Gasteiger charge is 2.25. The lowest BCUT2D eigenvalue weighted by atomic mass is 9.79. The van der Waals surface area contributed by atoms with E-state index < -0.39 is 0 Å². The lowest BCUT2D eigenvalue weighted by molar-refractivity contribution is 0.255. The van der Waals surface area contributed by atoms with Crippen molar-refractivity contribution in [1.82, 2.24) is 4.90 Å². The molecule has 0 spiro atoms. The lowest BCUT2D eigenvalue weighted by Gasteiger charge is -2.32. The average Bonchev–Trinajstić information content (AvgIpc) is 2.93. The summed E-state index contributed by atoms with van der Waals surface area (Å²) in [6.45, 7) is 3.74. The molecule has 5 rings (SSSR count). The number of anilines is 1. The van der Waals surface area contributed by atoms with E-state index in [4.69, 9.17) is 4.74 Å². The van der Waals surface area contributed by atoms with Crippen LogP contribution in [-0.4, -0.2) is 55.5 Å². The Bertz CT molecular complexity index is 1190. The van der Waals surface area contributed by atoms with E-state index in [0.717, 1.165) is 37.2 Å². The van der Waals surface area contributed by atoms with Crippen LogP contribution in [0.3, 0.4) is 0 Å². The van der Waals surface area contributed by atoms with Gasteiger partial charge in [-0.1, -0.05) is 36.4 Å². The summed E-state index contributed by atoms with van der Waals surface area (Å²) in [5.74, 6) is 2.21. The number of hydrogen-bond donors (Lipinski definition) is 2. The molecule has 1 heterocycles. The quantitative estimate of drug-likeness (QED) is 0.429. The third-order valence-corrected chi connectivity index (χ3v) is 8.35. The van der Waals surface area contributed by atoms with E-state index in [9.17, 15) is 10.2 Å². The highest BCUT2D eigenvalue weighted by molar-refractivity contribution is 5.60. The van der Waals surface area contributed by atoms with Crippen LogP contribution >= 0.6 is 0 Å². The van der Waals surface area contributed by atoms with Crippen molar-refractivity contribution >= 4 is 5.69 Å². The van der Waals surface area contributed by atoms with Crippen LogP contribution < -0.4 is 9.64 Å². The van der Waals surface area contributed by atoms with Gasteiger partial charge in [0.25, 0.3) is 0 Å². The Labute approximate surface area is 221 Å². The molecule has 2 N–H and O–H groups in total. The molecule has 1 aliphatic carbocycles. The van der Waals surface area contributed by atoms with Crippen molar-refractivity contribution in [3.05, 3.63) is 88.5 Å². The molecule has 0 amide bonds. The SMILES string of the molecule is COc1ccc([C@H]2CCc3cc(O)ccc3C2)c(N(CCO)Cc2ccc(C3CCN(C)CC3)cc2)c1. The van der Waals surface area contributed by atoms with Gasteiger partial charge in [0.05, 0.1) is 13.7 Å². The maximum Gasteiger partial charge on any atom is 0.120 e. The zero-order chi connectivity index (χ0) is 25.8. The van der Waals surface area contributed by atoms with Crippen LogP contribution in [0.1, 0.15) is 58.9 Å². The molecular weight excluding hydrogens is 460 g/mol. The van der Waals surface area contributed by atoms with Gasteiger partial charge < -0.3 is 24.7 Å². The molecule has 0 unspecified atom stereocenters. The number of likely N-dealkylation sites (tertiary alicyclic amines) is 1. The van der Waals surface area contributed by atoms with Crippen molar-refractivity contribution in [2.45, 2.75) is 50.5 Å². The van der Waals surface area contributed by atoms with E-state index in [2.05, 4.69) is 65.4 Å². The first kappa shape index (κ1) is 25.6. The van der Waals surface area contributed by atoms with Crippen molar-refractivity contribution in [2.75, 3.05) is 45.3 Å². The van der Waals surface area contributed by atoms with Gasteiger partial charge >= 0.3 is 0 Å². The van der Waals surface area contributed by atoms with Crippen molar-refractivity contribution in [1.29, 1.82) is 0 Å². The van der Waals surface area contributed by atoms with E-state index in [0.29, 0.717) is 24.1 Å². The van der Waals surface area contributed by atoms with Crippen molar-refractivity contribution < 1.29 is 14.9 Å². The first-order valence-electron chi connectivity index (χ1n) is 13.7. The molecule has 1 saturated heterocycles. The summed E-state index contributed by atoms with van der Waals surface area (Å²) in [6.07, 6.45) is 5.40. The van der Waals surface area contributed by atoms with Crippen LogP contribution in [0.2, 0.25) is 0 Å². The fraction of sp³-hybridized carbons (Fsp3) is 0.438. The fourth-order valence-electron chi connectivity index (χ4n) is 6.14. The molecule has 5 heteroatoms. The number of aliphatic hydroxyl groups excluding tert-OH is 1. The van der Waals surface area contributed by atoms with E-state index in [1.54, 1.807) is 13.2 Å². The normalized spacial score (nSPS) is 18.4. The molecule has 2 aliphatic rings. The number of aliphatic hydroxyl groups is 1. The number of aryl methyl sites for hydroxylation is 1. The van der Waals surface area contributed by atoms with Crippen LogP contribution in [0.4, 0.5) is 5.69 Å². The molecule has 0 radical (unpaired) electrons. The Morgan fingerprint density at radius 1 is 0.919 bits per heavy atom. The smallest absolute Gasteiger partial charge is 0.120 e. The first-order chi connectivity index (χ1) is 18.0. The number of rotatable bonds is 8.